The topological polar surface area (TPSA) is 29.1 Å². The fraction of sp³-hybridized carbons (Fsp3) is 0.632. The molecule has 1 N–H and O–H groups in total. The number of carbonyl (C=O) groups excluding carboxylic acids is 1. The molecule has 1 saturated carbocycles. The number of hydrogen-bond acceptors (Lipinski definition) is 1. The first-order valence-corrected chi connectivity index (χ1v) is 8.44. The second-order valence-electron chi connectivity index (χ2n) is 6.17. The maximum atomic E-state index is 12.2. The summed E-state index contributed by atoms with van der Waals surface area (Å²) in [7, 11) is 0. The Bertz CT molecular complexity index is 415. The van der Waals surface area contributed by atoms with E-state index in [2.05, 4.69) is 19.2 Å². The number of nitrogens with one attached hydrogen (secondary N) is 1. The molecule has 0 aliphatic heterocycles. The minimum atomic E-state index is 0.0953. The summed E-state index contributed by atoms with van der Waals surface area (Å²) in [6, 6.07) is 9.72. The molecule has 0 radical (unpaired) electrons. The van der Waals surface area contributed by atoms with Crippen molar-refractivity contribution < 1.29 is 4.79 Å². The van der Waals surface area contributed by atoms with E-state index < -0.39 is 0 Å². The minimum absolute atomic E-state index is 0.0953. The zero-order chi connectivity index (χ0) is 15.8. The average molecular weight is 289 g/mol. The Morgan fingerprint density at radius 2 is 1.81 bits per heavy atom. The fourth-order valence-corrected chi connectivity index (χ4v) is 3.15. The first-order chi connectivity index (χ1) is 10.1. The van der Waals surface area contributed by atoms with E-state index in [1.54, 1.807) is 0 Å². The number of carbonyl (C=O) groups is 1. The van der Waals surface area contributed by atoms with Crippen LogP contribution < -0.4 is 5.32 Å². The third-order valence-corrected chi connectivity index (χ3v) is 4.78. The Morgan fingerprint density at radius 3 is 2.33 bits per heavy atom. The standard InChI is InChI=1S/C17H25NO.C2H6/c1-12-9-10-15(14(12)3)11-13(2)17(19)18-16-7-5-4-6-8-16;1-2/h4-8,12-15H,9-11H2,1-3H3,(H,18,19);1-2H3/t12-,13-,14-,15-;/m1./s1. The van der Waals surface area contributed by atoms with Crippen molar-refractivity contribution >= 4 is 11.6 Å². The van der Waals surface area contributed by atoms with Crippen LogP contribution >= 0.6 is 0 Å². The third kappa shape index (κ3) is 5.18. The van der Waals surface area contributed by atoms with Gasteiger partial charge in [0.1, 0.15) is 0 Å². The first-order valence-electron chi connectivity index (χ1n) is 8.44. The zero-order valence-electron chi connectivity index (χ0n) is 14.2. The van der Waals surface area contributed by atoms with Crippen LogP contribution in [-0.2, 0) is 4.79 Å². The summed E-state index contributed by atoms with van der Waals surface area (Å²) in [6.45, 7) is 10.7. The van der Waals surface area contributed by atoms with Crippen LogP contribution in [0, 0.1) is 23.7 Å². The monoisotopic (exact) mass is 289 g/mol. The maximum absolute atomic E-state index is 12.2. The third-order valence-electron chi connectivity index (χ3n) is 4.78. The van der Waals surface area contributed by atoms with Crippen LogP contribution in [0.2, 0.25) is 0 Å². The minimum Gasteiger partial charge on any atom is -0.326 e. The predicted octanol–water partition coefficient (Wildman–Crippen LogP) is 5.36. The van der Waals surface area contributed by atoms with Crippen molar-refractivity contribution in [2.75, 3.05) is 5.32 Å². The second kappa shape index (κ2) is 8.86. The summed E-state index contributed by atoms with van der Waals surface area (Å²) >= 11 is 0. The Balaban J connectivity index is 0.00000106. The number of amides is 1. The molecular weight excluding hydrogens is 258 g/mol. The summed E-state index contributed by atoms with van der Waals surface area (Å²) in [4.78, 5) is 12.2. The van der Waals surface area contributed by atoms with Crippen LogP contribution in [-0.4, -0.2) is 5.91 Å². The molecular formula is C19H31NO. The van der Waals surface area contributed by atoms with Gasteiger partial charge in [0.05, 0.1) is 0 Å². The summed E-state index contributed by atoms with van der Waals surface area (Å²) in [5.74, 6) is 2.53. The first kappa shape index (κ1) is 17.7. The molecule has 0 spiro atoms. The van der Waals surface area contributed by atoms with E-state index in [0.717, 1.165) is 23.9 Å². The van der Waals surface area contributed by atoms with E-state index in [-0.39, 0.29) is 11.8 Å². The predicted molar refractivity (Wildman–Crippen MR) is 91.3 cm³/mol. The molecule has 1 aliphatic rings. The van der Waals surface area contributed by atoms with Gasteiger partial charge < -0.3 is 5.32 Å². The molecule has 1 amide bonds. The number of para-hydroxylation sites is 1. The normalized spacial score (nSPS) is 25.7. The van der Waals surface area contributed by atoms with Crippen molar-refractivity contribution in [3.05, 3.63) is 30.3 Å². The molecule has 0 saturated heterocycles. The van der Waals surface area contributed by atoms with Crippen molar-refractivity contribution in [3.63, 3.8) is 0 Å². The molecule has 0 bridgehead atoms. The highest BCUT2D eigenvalue weighted by atomic mass is 16.1. The largest absolute Gasteiger partial charge is 0.326 e. The number of anilines is 1. The molecule has 2 heteroatoms. The number of rotatable bonds is 4. The van der Waals surface area contributed by atoms with Gasteiger partial charge in [-0.2, -0.15) is 0 Å². The van der Waals surface area contributed by atoms with Gasteiger partial charge in [-0.1, -0.05) is 59.2 Å². The maximum Gasteiger partial charge on any atom is 0.227 e. The van der Waals surface area contributed by atoms with Crippen molar-refractivity contribution in [2.24, 2.45) is 23.7 Å². The molecule has 0 heterocycles. The molecule has 1 aliphatic carbocycles. The SMILES string of the molecule is CC.C[C@H]1[C@@H](C[C@@H](C)C(=O)Nc2ccccc2)CC[C@H]1C. The fourth-order valence-electron chi connectivity index (χ4n) is 3.15. The molecule has 1 fully saturated rings. The molecule has 0 aromatic heterocycles. The second-order valence-corrected chi connectivity index (χ2v) is 6.17. The molecule has 21 heavy (non-hydrogen) atoms. The summed E-state index contributed by atoms with van der Waals surface area (Å²) in [5, 5.41) is 3.00. The van der Waals surface area contributed by atoms with Crippen LogP contribution in [0.25, 0.3) is 0 Å². The molecule has 0 unspecified atom stereocenters. The van der Waals surface area contributed by atoms with Gasteiger partial charge in [-0.3, -0.25) is 4.79 Å². The van der Waals surface area contributed by atoms with Gasteiger partial charge in [0.15, 0.2) is 0 Å². The lowest BCUT2D eigenvalue weighted by Gasteiger charge is -2.21. The van der Waals surface area contributed by atoms with Gasteiger partial charge in [-0.15, -0.1) is 0 Å². The zero-order valence-corrected chi connectivity index (χ0v) is 14.2. The van der Waals surface area contributed by atoms with E-state index in [1.165, 1.54) is 12.8 Å². The van der Waals surface area contributed by atoms with Crippen LogP contribution in [0.15, 0.2) is 30.3 Å². The molecule has 4 atom stereocenters. The quantitative estimate of drug-likeness (QED) is 0.794. The van der Waals surface area contributed by atoms with E-state index >= 15 is 0 Å². The lowest BCUT2D eigenvalue weighted by Crippen LogP contribution is -2.24. The van der Waals surface area contributed by atoms with Crippen molar-refractivity contribution in [1.82, 2.24) is 0 Å². The number of hydrogen-bond donors (Lipinski definition) is 1. The van der Waals surface area contributed by atoms with Gasteiger partial charge in [0, 0.05) is 11.6 Å². The van der Waals surface area contributed by atoms with Gasteiger partial charge >= 0.3 is 0 Å². The summed E-state index contributed by atoms with van der Waals surface area (Å²) < 4.78 is 0. The summed E-state index contributed by atoms with van der Waals surface area (Å²) in [5.41, 5.74) is 0.896. The van der Waals surface area contributed by atoms with Crippen LogP contribution in [0.4, 0.5) is 5.69 Å². The smallest absolute Gasteiger partial charge is 0.227 e. The van der Waals surface area contributed by atoms with Gasteiger partial charge in [0.25, 0.3) is 0 Å². The Labute approximate surface area is 130 Å². The highest BCUT2D eigenvalue weighted by Crippen LogP contribution is 2.39. The van der Waals surface area contributed by atoms with Crippen molar-refractivity contribution in [2.45, 2.75) is 53.9 Å². The number of benzene rings is 1. The lowest BCUT2D eigenvalue weighted by molar-refractivity contribution is -0.120. The van der Waals surface area contributed by atoms with Gasteiger partial charge in [-0.25, -0.2) is 0 Å². The highest BCUT2D eigenvalue weighted by Gasteiger charge is 2.31. The van der Waals surface area contributed by atoms with E-state index in [4.69, 9.17) is 0 Å². The molecule has 2 rings (SSSR count). The van der Waals surface area contributed by atoms with Crippen LogP contribution in [0.3, 0.4) is 0 Å². The molecule has 118 valence electrons. The Morgan fingerprint density at radius 1 is 1.19 bits per heavy atom. The van der Waals surface area contributed by atoms with Gasteiger partial charge in [0.2, 0.25) is 5.91 Å². The summed E-state index contributed by atoms with van der Waals surface area (Å²) in [6.07, 6.45) is 3.62. The highest BCUT2D eigenvalue weighted by molar-refractivity contribution is 5.92. The van der Waals surface area contributed by atoms with Crippen molar-refractivity contribution in [3.8, 4) is 0 Å². The van der Waals surface area contributed by atoms with Crippen molar-refractivity contribution in [1.29, 1.82) is 0 Å². The Hall–Kier alpha value is -1.31. The lowest BCUT2D eigenvalue weighted by atomic mass is 9.85. The Kier molecular flexibility index (Phi) is 7.49. The van der Waals surface area contributed by atoms with Crippen LogP contribution in [0.1, 0.15) is 53.9 Å². The van der Waals surface area contributed by atoms with E-state index in [9.17, 15) is 4.79 Å². The molecule has 1 aromatic carbocycles. The van der Waals surface area contributed by atoms with Gasteiger partial charge in [-0.05, 0) is 42.7 Å². The average Bonchev–Trinajstić information content (AvgIpc) is 2.82. The van der Waals surface area contributed by atoms with E-state index in [0.29, 0.717) is 5.92 Å². The molecule has 2 nitrogen and oxygen atoms in total. The molecule has 1 aromatic rings. The van der Waals surface area contributed by atoms with Crippen LogP contribution in [0.5, 0.6) is 0 Å². The van der Waals surface area contributed by atoms with E-state index in [1.807, 2.05) is 51.1 Å².